The van der Waals surface area contributed by atoms with E-state index in [1.54, 1.807) is 12.1 Å². The van der Waals surface area contributed by atoms with Crippen LogP contribution >= 0.6 is 0 Å². The summed E-state index contributed by atoms with van der Waals surface area (Å²) in [6.07, 6.45) is 1.74. The van der Waals surface area contributed by atoms with Gasteiger partial charge in [0, 0.05) is 12.8 Å². The van der Waals surface area contributed by atoms with E-state index >= 15 is 0 Å². The van der Waals surface area contributed by atoms with Gasteiger partial charge in [0.1, 0.15) is 23.6 Å². The molecule has 0 bridgehead atoms. The molecule has 0 heterocycles. The zero-order valence-corrected chi connectivity index (χ0v) is 20.9. The first kappa shape index (κ1) is 30.1. The van der Waals surface area contributed by atoms with Crippen LogP contribution in [-0.2, 0) is 32.0 Å². The van der Waals surface area contributed by atoms with Crippen molar-refractivity contribution in [2.75, 3.05) is 13.1 Å². The number of carboxylic acids is 1. The third kappa shape index (κ3) is 10.4. The van der Waals surface area contributed by atoms with Crippen molar-refractivity contribution < 1.29 is 34.5 Å². The average Bonchev–Trinajstić information content (AvgIpc) is 2.88. The van der Waals surface area contributed by atoms with Gasteiger partial charge in [-0.15, -0.1) is 0 Å². The van der Waals surface area contributed by atoms with Gasteiger partial charge in [0.25, 0.3) is 0 Å². The van der Waals surface area contributed by atoms with Crippen LogP contribution in [0.4, 0.5) is 0 Å². The fourth-order valence-electron chi connectivity index (χ4n) is 3.60. The second kappa shape index (κ2) is 15.2. The van der Waals surface area contributed by atoms with Crippen molar-refractivity contribution in [3.8, 4) is 11.5 Å². The summed E-state index contributed by atoms with van der Waals surface area (Å²) >= 11 is 0. The highest BCUT2D eigenvalue weighted by Gasteiger charge is 2.27. The molecule has 0 aliphatic carbocycles. The lowest BCUT2D eigenvalue weighted by Gasteiger charge is -2.22. The number of hydrogen-bond acceptors (Lipinski definition) is 8. The van der Waals surface area contributed by atoms with E-state index in [9.17, 15) is 34.5 Å². The molecule has 2 aromatic carbocycles. The summed E-state index contributed by atoms with van der Waals surface area (Å²) in [5.74, 6) is -3.18. The molecule has 206 valence electrons. The maximum atomic E-state index is 13.1. The van der Waals surface area contributed by atoms with E-state index in [1.165, 1.54) is 36.4 Å². The maximum Gasteiger partial charge on any atom is 0.326 e. The van der Waals surface area contributed by atoms with E-state index in [4.69, 9.17) is 11.5 Å². The first-order valence-electron chi connectivity index (χ1n) is 12.2. The quantitative estimate of drug-likeness (QED) is 0.139. The molecule has 12 nitrogen and oxygen atoms in total. The SMILES string of the molecule is NCCCCC(N)C(=O)NCC(=O)NC(Cc1ccc(O)cc1)C(=O)NC(Cc1ccc(O)cc1)C(=O)O. The van der Waals surface area contributed by atoms with Crippen molar-refractivity contribution in [1.82, 2.24) is 16.0 Å². The van der Waals surface area contributed by atoms with Gasteiger partial charge in [-0.05, 0) is 54.8 Å². The van der Waals surface area contributed by atoms with E-state index in [0.29, 0.717) is 30.5 Å². The summed E-state index contributed by atoms with van der Waals surface area (Å²) in [7, 11) is 0. The molecule has 2 rings (SSSR count). The molecule has 0 aromatic heterocycles. The minimum absolute atomic E-state index is 0.00402. The average molecular weight is 530 g/mol. The number of carboxylic acid groups (broad SMARTS) is 1. The maximum absolute atomic E-state index is 13.1. The number of rotatable bonds is 15. The smallest absolute Gasteiger partial charge is 0.326 e. The summed E-state index contributed by atoms with van der Waals surface area (Å²) in [4.78, 5) is 49.7. The van der Waals surface area contributed by atoms with Crippen LogP contribution in [0.3, 0.4) is 0 Å². The summed E-state index contributed by atoms with van der Waals surface area (Å²) in [6.45, 7) is 0.0531. The van der Waals surface area contributed by atoms with Crippen LogP contribution in [0.15, 0.2) is 48.5 Å². The Morgan fingerprint density at radius 2 is 1.29 bits per heavy atom. The fourth-order valence-corrected chi connectivity index (χ4v) is 3.60. The first-order chi connectivity index (χ1) is 18.1. The number of aromatic hydroxyl groups is 2. The van der Waals surface area contributed by atoms with Crippen LogP contribution in [0, 0.1) is 0 Å². The summed E-state index contributed by atoms with van der Waals surface area (Å²) in [6, 6.07) is 8.57. The number of hydrogen-bond donors (Lipinski definition) is 8. The van der Waals surface area contributed by atoms with Gasteiger partial charge in [0.05, 0.1) is 12.6 Å². The standard InChI is InChI=1S/C26H35N5O7/c27-12-2-1-3-20(28)24(35)29-15-23(34)30-21(13-16-4-8-18(32)9-5-16)25(36)31-22(26(37)38)14-17-6-10-19(33)11-7-17/h4-11,20-22,32-33H,1-3,12-15,27-28H2,(H,29,35)(H,30,34)(H,31,36)(H,37,38). The van der Waals surface area contributed by atoms with Crippen molar-refractivity contribution in [1.29, 1.82) is 0 Å². The molecule has 3 amide bonds. The van der Waals surface area contributed by atoms with Crippen LogP contribution in [-0.4, -0.2) is 70.2 Å². The number of unbranched alkanes of at least 4 members (excludes halogenated alkanes) is 1. The summed E-state index contributed by atoms with van der Waals surface area (Å²) < 4.78 is 0. The van der Waals surface area contributed by atoms with Gasteiger partial charge >= 0.3 is 5.97 Å². The second-order valence-electron chi connectivity index (χ2n) is 8.87. The van der Waals surface area contributed by atoms with Crippen molar-refractivity contribution in [2.45, 2.75) is 50.2 Å². The van der Waals surface area contributed by atoms with Crippen molar-refractivity contribution in [3.63, 3.8) is 0 Å². The predicted molar refractivity (Wildman–Crippen MR) is 139 cm³/mol. The van der Waals surface area contributed by atoms with Crippen LogP contribution in [0.2, 0.25) is 0 Å². The van der Waals surface area contributed by atoms with E-state index in [0.717, 1.165) is 6.42 Å². The van der Waals surface area contributed by atoms with Gasteiger partial charge in [-0.2, -0.15) is 0 Å². The fraction of sp³-hybridized carbons (Fsp3) is 0.385. The molecule has 3 atom stereocenters. The lowest BCUT2D eigenvalue weighted by Crippen LogP contribution is -2.54. The molecule has 0 aliphatic rings. The summed E-state index contributed by atoms with van der Waals surface area (Å²) in [5, 5.41) is 36.0. The van der Waals surface area contributed by atoms with Crippen molar-refractivity contribution >= 4 is 23.7 Å². The number of carbonyl (C=O) groups excluding carboxylic acids is 3. The molecule has 38 heavy (non-hydrogen) atoms. The van der Waals surface area contributed by atoms with E-state index in [2.05, 4.69) is 16.0 Å². The van der Waals surface area contributed by atoms with Gasteiger partial charge in [-0.25, -0.2) is 4.79 Å². The number of aliphatic carboxylic acids is 1. The molecular weight excluding hydrogens is 494 g/mol. The Morgan fingerprint density at radius 1 is 0.763 bits per heavy atom. The van der Waals surface area contributed by atoms with E-state index < -0.39 is 48.4 Å². The third-order valence-corrected chi connectivity index (χ3v) is 5.75. The molecule has 0 aliphatic heterocycles. The summed E-state index contributed by atoms with van der Waals surface area (Å²) in [5.41, 5.74) is 12.4. The number of amides is 3. The van der Waals surface area contributed by atoms with Crippen molar-refractivity contribution in [3.05, 3.63) is 59.7 Å². The second-order valence-corrected chi connectivity index (χ2v) is 8.87. The molecule has 0 fully saturated rings. The number of benzene rings is 2. The molecule has 0 saturated carbocycles. The van der Waals surface area contributed by atoms with Crippen LogP contribution in [0.1, 0.15) is 30.4 Å². The zero-order chi connectivity index (χ0) is 28.1. The lowest BCUT2D eigenvalue weighted by atomic mass is 10.0. The van der Waals surface area contributed by atoms with Gasteiger partial charge < -0.3 is 42.7 Å². The molecule has 10 N–H and O–H groups in total. The Kier molecular flexibility index (Phi) is 12.0. The van der Waals surface area contributed by atoms with Crippen LogP contribution < -0.4 is 27.4 Å². The molecule has 0 spiro atoms. The number of carbonyl (C=O) groups is 4. The molecule has 3 unspecified atom stereocenters. The Hall–Kier alpha value is -4.16. The number of nitrogens with one attached hydrogen (secondary N) is 3. The topological polar surface area (TPSA) is 217 Å². The molecule has 2 aromatic rings. The Labute approximate surface area is 220 Å². The predicted octanol–water partition coefficient (Wildman–Crippen LogP) is -0.490. The highest BCUT2D eigenvalue weighted by molar-refractivity contribution is 5.92. The van der Waals surface area contributed by atoms with Crippen LogP contribution in [0.5, 0.6) is 11.5 Å². The van der Waals surface area contributed by atoms with Crippen LogP contribution in [0.25, 0.3) is 0 Å². The molecular formula is C26H35N5O7. The van der Waals surface area contributed by atoms with Gasteiger partial charge in [-0.3, -0.25) is 14.4 Å². The third-order valence-electron chi connectivity index (χ3n) is 5.75. The first-order valence-corrected chi connectivity index (χ1v) is 12.2. The van der Waals surface area contributed by atoms with E-state index in [-0.39, 0.29) is 24.3 Å². The number of phenols is 2. The van der Waals surface area contributed by atoms with Gasteiger partial charge in [0.2, 0.25) is 17.7 Å². The monoisotopic (exact) mass is 529 g/mol. The van der Waals surface area contributed by atoms with Gasteiger partial charge in [-0.1, -0.05) is 30.7 Å². The minimum Gasteiger partial charge on any atom is -0.508 e. The molecule has 0 radical (unpaired) electrons. The number of phenolic OH excluding ortho intramolecular Hbond substituents is 2. The zero-order valence-electron chi connectivity index (χ0n) is 20.9. The Morgan fingerprint density at radius 3 is 1.79 bits per heavy atom. The Bertz CT molecular complexity index is 1080. The Balaban J connectivity index is 2.07. The highest BCUT2D eigenvalue weighted by atomic mass is 16.4. The van der Waals surface area contributed by atoms with Crippen molar-refractivity contribution in [2.24, 2.45) is 11.5 Å². The normalized spacial score (nSPS) is 13.1. The number of nitrogens with two attached hydrogens (primary N) is 2. The molecule has 0 saturated heterocycles. The largest absolute Gasteiger partial charge is 0.508 e. The molecule has 12 heteroatoms. The van der Waals surface area contributed by atoms with E-state index in [1.807, 2.05) is 0 Å². The minimum atomic E-state index is -1.31. The lowest BCUT2D eigenvalue weighted by molar-refractivity contribution is -0.142. The highest BCUT2D eigenvalue weighted by Crippen LogP contribution is 2.13. The van der Waals surface area contributed by atoms with Gasteiger partial charge in [0.15, 0.2) is 0 Å².